The van der Waals surface area contributed by atoms with Crippen LogP contribution >= 0.6 is 0 Å². The third-order valence-corrected chi connectivity index (χ3v) is 7.15. The minimum absolute atomic E-state index is 0.0118. The van der Waals surface area contributed by atoms with Crippen LogP contribution in [0.4, 0.5) is 4.79 Å². The van der Waals surface area contributed by atoms with Crippen LogP contribution in [0.5, 0.6) is 0 Å². The zero-order chi connectivity index (χ0) is 19.6. The van der Waals surface area contributed by atoms with E-state index in [1.807, 2.05) is 6.07 Å². The van der Waals surface area contributed by atoms with Crippen molar-refractivity contribution in [3.8, 4) is 0 Å². The van der Waals surface area contributed by atoms with Crippen LogP contribution in [0.15, 0.2) is 22.8 Å². The highest BCUT2D eigenvalue weighted by Crippen LogP contribution is 2.53. The van der Waals surface area contributed by atoms with Crippen molar-refractivity contribution in [3.05, 3.63) is 24.2 Å². The van der Waals surface area contributed by atoms with E-state index in [-0.39, 0.29) is 17.7 Å². The molecule has 0 unspecified atom stereocenters. The smallest absolute Gasteiger partial charge is 0.407 e. The molecule has 1 aromatic rings. The fourth-order valence-electron chi connectivity index (χ4n) is 6.08. The van der Waals surface area contributed by atoms with Gasteiger partial charge >= 0.3 is 6.09 Å². The Morgan fingerprint density at radius 3 is 3.04 bits per heavy atom. The molecular formula is C22H32N2O4. The maximum atomic E-state index is 12.7. The van der Waals surface area contributed by atoms with Crippen molar-refractivity contribution in [2.45, 2.75) is 82.9 Å². The van der Waals surface area contributed by atoms with Crippen molar-refractivity contribution in [2.24, 2.45) is 11.8 Å². The number of hydrogen-bond acceptors (Lipinski definition) is 4. The van der Waals surface area contributed by atoms with Gasteiger partial charge in [-0.2, -0.15) is 0 Å². The number of amides is 2. The van der Waals surface area contributed by atoms with Crippen LogP contribution in [-0.4, -0.2) is 35.1 Å². The van der Waals surface area contributed by atoms with Gasteiger partial charge in [-0.25, -0.2) is 4.79 Å². The number of rotatable bonds is 5. The van der Waals surface area contributed by atoms with E-state index in [0.29, 0.717) is 36.5 Å². The predicted octanol–water partition coefficient (Wildman–Crippen LogP) is 4.25. The largest absolute Gasteiger partial charge is 0.467 e. The van der Waals surface area contributed by atoms with Gasteiger partial charge in [0.2, 0.25) is 5.91 Å². The molecule has 1 saturated carbocycles. The molecule has 3 aliphatic rings. The van der Waals surface area contributed by atoms with E-state index >= 15 is 0 Å². The average Bonchev–Trinajstić information content (AvgIpc) is 3.32. The highest BCUT2D eigenvalue weighted by atomic mass is 16.6. The molecule has 0 radical (unpaired) electrons. The third-order valence-electron chi connectivity index (χ3n) is 7.15. The van der Waals surface area contributed by atoms with Gasteiger partial charge in [0.25, 0.3) is 0 Å². The summed E-state index contributed by atoms with van der Waals surface area (Å²) in [5.41, 5.74) is 0.0118. The van der Waals surface area contributed by atoms with Gasteiger partial charge in [-0.15, -0.1) is 0 Å². The normalized spacial score (nSPS) is 32.4. The second-order valence-electron chi connectivity index (χ2n) is 8.62. The van der Waals surface area contributed by atoms with Crippen molar-refractivity contribution in [3.63, 3.8) is 0 Å². The molecule has 1 spiro atoms. The van der Waals surface area contributed by atoms with Crippen LogP contribution in [0.2, 0.25) is 0 Å². The first-order chi connectivity index (χ1) is 13.6. The van der Waals surface area contributed by atoms with Gasteiger partial charge in [-0.1, -0.05) is 13.3 Å². The van der Waals surface area contributed by atoms with Gasteiger partial charge in [-0.3, -0.25) is 4.79 Å². The molecule has 2 amide bonds. The summed E-state index contributed by atoms with van der Waals surface area (Å²) in [5.74, 6) is 1.83. The highest BCUT2D eigenvalue weighted by Gasteiger charge is 2.56. The van der Waals surface area contributed by atoms with E-state index in [2.05, 4.69) is 17.1 Å². The number of nitrogens with zero attached hydrogens (tertiary/aromatic N) is 1. The molecule has 4 atom stereocenters. The fourth-order valence-corrected chi connectivity index (χ4v) is 6.08. The number of alkyl carbamates (subject to hydrolysis) is 1. The number of furan rings is 1. The Hall–Kier alpha value is -1.98. The van der Waals surface area contributed by atoms with E-state index in [0.717, 1.165) is 57.9 Å². The second-order valence-corrected chi connectivity index (χ2v) is 8.62. The van der Waals surface area contributed by atoms with Gasteiger partial charge in [0.1, 0.15) is 11.9 Å². The Balaban J connectivity index is 1.47. The van der Waals surface area contributed by atoms with Gasteiger partial charge < -0.3 is 19.4 Å². The Kier molecular flexibility index (Phi) is 5.65. The summed E-state index contributed by atoms with van der Waals surface area (Å²) in [6.07, 6.45) is 10.0. The lowest BCUT2D eigenvalue weighted by Crippen LogP contribution is -2.58. The molecule has 2 saturated heterocycles. The van der Waals surface area contributed by atoms with E-state index in [1.54, 1.807) is 12.3 Å². The summed E-state index contributed by atoms with van der Waals surface area (Å²) >= 11 is 0. The Labute approximate surface area is 167 Å². The quantitative estimate of drug-likeness (QED) is 0.819. The van der Waals surface area contributed by atoms with Crippen molar-refractivity contribution in [2.75, 3.05) is 6.54 Å². The summed E-state index contributed by atoms with van der Waals surface area (Å²) in [5, 5.41) is 2.81. The zero-order valence-corrected chi connectivity index (χ0v) is 16.8. The monoisotopic (exact) mass is 388 g/mol. The van der Waals surface area contributed by atoms with Crippen LogP contribution in [0, 0.1) is 11.8 Å². The van der Waals surface area contributed by atoms with Gasteiger partial charge in [-0.05, 0) is 63.0 Å². The number of carbonyl (C=O) groups excluding carboxylic acids is 2. The van der Waals surface area contributed by atoms with Crippen molar-refractivity contribution < 1.29 is 18.7 Å². The lowest BCUT2D eigenvalue weighted by molar-refractivity contribution is -0.141. The lowest BCUT2D eigenvalue weighted by atomic mass is 9.62. The SMILES string of the molecule is CCC[C@H]1[C@@H](OC(=O)NCc2ccco2)CC[C@@]23CCCN2C(=O)CCC[C@@H]13. The number of carbonyl (C=O) groups is 2. The summed E-state index contributed by atoms with van der Waals surface area (Å²) < 4.78 is 11.2. The molecule has 28 heavy (non-hydrogen) atoms. The molecule has 6 heteroatoms. The molecule has 3 heterocycles. The summed E-state index contributed by atoms with van der Waals surface area (Å²) in [4.78, 5) is 27.3. The molecule has 1 N–H and O–H groups in total. The molecular weight excluding hydrogens is 356 g/mol. The molecule has 154 valence electrons. The Morgan fingerprint density at radius 2 is 2.25 bits per heavy atom. The van der Waals surface area contributed by atoms with Crippen molar-refractivity contribution in [1.82, 2.24) is 10.2 Å². The first-order valence-electron chi connectivity index (χ1n) is 10.9. The Bertz CT molecular complexity index is 689. The molecule has 2 aliphatic heterocycles. The highest BCUT2D eigenvalue weighted by molar-refractivity contribution is 5.78. The molecule has 6 nitrogen and oxygen atoms in total. The van der Waals surface area contributed by atoms with Crippen LogP contribution in [0.1, 0.15) is 70.5 Å². The van der Waals surface area contributed by atoms with Gasteiger partial charge in [0, 0.05) is 24.4 Å². The van der Waals surface area contributed by atoms with E-state index < -0.39 is 0 Å². The lowest BCUT2D eigenvalue weighted by Gasteiger charge is -2.52. The number of ether oxygens (including phenoxy) is 1. The maximum Gasteiger partial charge on any atom is 0.407 e. The molecule has 3 fully saturated rings. The first kappa shape index (κ1) is 19.3. The zero-order valence-electron chi connectivity index (χ0n) is 16.8. The minimum Gasteiger partial charge on any atom is -0.467 e. The molecule has 1 aliphatic carbocycles. The minimum atomic E-state index is -0.369. The summed E-state index contributed by atoms with van der Waals surface area (Å²) in [6, 6.07) is 3.64. The third kappa shape index (κ3) is 3.53. The van der Waals surface area contributed by atoms with Crippen molar-refractivity contribution in [1.29, 1.82) is 0 Å². The number of nitrogens with one attached hydrogen (secondary N) is 1. The Morgan fingerprint density at radius 1 is 1.36 bits per heavy atom. The maximum absolute atomic E-state index is 12.7. The van der Waals surface area contributed by atoms with Gasteiger partial charge in [0.15, 0.2) is 0 Å². The van der Waals surface area contributed by atoms with E-state index in [9.17, 15) is 9.59 Å². The van der Waals surface area contributed by atoms with Crippen LogP contribution < -0.4 is 5.32 Å². The molecule has 0 aromatic carbocycles. The topological polar surface area (TPSA) is 71.8 Å². The summed E-state index contributed by atoms with van der Waals surface area (Å²) in [6.45, 7) is 3.44. The van der Waals surface area contributed by atoms with E-state index in [1.165, 1.54) is 0 Å². The standard InChI is InChI=1S/C22H32N2O4/c1-2-6-17-18-8-3-9-20(25)24-13-5-11-22(18,24)12-10-19(17)28-21(26)23-15-16-7-4-14-27-16/h4,7,14,17-19H,2-3,5-6,8-13,15H2,1H3,(H,23,26)/t17-,18+,19+,22-/m1/s1. The first-order valence-corrected chi connectivity index (χ1v) is 10.9. The number of hydrogen-bond donors (Lipinski definition) is 1. The van der Waals surface area contributed by atoms with Crippen molar-refractivity contribution >= 4 is 12.0 Å². The van der Waals surface area contributed by atoms with Crippen LogP contribution in [-0.2, 0) is 16.1 Å². The average molecular weight is 389 g/mol. The fraction of sp³-hybridized carbons (Fsp3) is 0.727. The predicted molar refractivity (Wildman–Crippen MR) is 104 cm³/mol. The van der Waals surface area contributed by atoms with Crippen LogP contribution in [0.25, 0.3) is 0 Å². The summed E-state index contributed by atoms with van der Waals surface area (Å²) in [7, 11) is 0. The molecule has 1 aromatic heterocycles. The molecule has 4 rings (SSSR count). The molecule has 0 bridgehead atoms. The van der Waals surface area contributed by atoms with Crippen LogP contribution in [0.3, 0.4) is 0 Å². The second kappa shape index (κ2) is 8.18. The van der Waals surface area contributed by atoms with E-state index in [4.69, 9.17) is 9.15 Å². The van der Waals surface area contributed by atoms with Gasteiger partial charge in [0.05, 0.1) is 12.8 Å².